The molecule has 0 radical (unpaired) electrons. The Balaban J connectivity index is 1.29. The van der Waals surface area contributed by atoms with Crippen LogP contribution < -0.4 is 9.80 Å². The van der Waals surface area contributed by atoms with Crippen molar-refractivity contribution in [1.82, 2.24) is 0 Å². The molecule has 0 saturated heterocycles. The van der Waals surface area contributed by atoms with E-state index in [1.54, 1.807) is 17.4 Å². The maximum atomic E-state index is 15.0. The molecule has 0 atom stereocenters. The number of nitriles is 1. The Bertz CT molecular complexity index is 2740. The number of hydrogen-bond donors (Lipinski definition) is 0. The largest absolute Gasteiger partial charge is 0.342 e. The third-order valence-corrected chi connectivity index (χ3v) is 13.2. The van der Waals surface area contributed by atoms with Gasteiger partial charge in [0, 0.05) is 45.0 Å². The average molecular weight is 732 g/mol. The molecule has 0 amide bonds. The molecule has 0 N–H and O–H groups in total. The van der Waals surface area contributed by atoms with Crippen LogP contribution in [0.4, 0.5) is 27.1 Å². The molecule has 264 valence electrons. The highest BCUT2D eigenvalue weighted by molar-refractivity contribution is 7.27. The van der Waals surface area contributed by atoms with Crippen LogP contribution in [0.2, 0.25) is 0 Å². The predicted molar refractivity (Wildman–Crippen MR) is 228 cm³/mol. The van der Waals surface area contributed by atoms with Crippen LogP contribution >= 0.6 is 22.7 Å². The number of thiophene rings is 2. The van der Waals surface area contributed by atoms with Gasteiger partial charge in [-0.3, -0.25) is 0 Å². The average Bonchev–Trinajstić information content (AvgIpc) is 3.72. The Morgan fingerprint density at radius 2 is 1.09 bits per heavy atom. The van der Waals surface area contributed by atoms with Gasteiger partial charge in [-0.2, -0.15) is 5.26 Å². The highest BCUT2D eigenvalue weighted by Gasteiger charge is 2.28. The van der Waals surface area contributed by atoms with E-state index in [1.165, 1.54) is 58.4 Å². The van der Waals surface area contributed by atoms with Gasteiger partial charge < -0.3 is 9.80 Å². The number of benzene rings is 6. The molecule has 0 spiro atoms. The zero-order valence-electron chi connectivity index (χ0n) is 31.2. The zero-order chi connectivity index (χ0) is 37.2. The Hall–Kier alpha value is -5.22. The summed E-state index contributed by atoms with van der Waals surface area (Å²) in [6.45, 7) is 11.5. The molecule has 2 aromatic heterocycles. The van der Waals surface area contributed by atoms with Gasteiger partial charge in [0.15, 0.2) is 0 Å². The molecule has 8 rings (SSSR count). The molecule has 0 saturated carbocycles. The van der Waals surface area contributed by atoms with Gasteiger partial charge >= 0.3 is 0 Å². The lowest BCUT2D eigenvalue weighted by Crippen LogP contribution is -2.21. The smallest absolute Gasteiger partial charge is 0.146 e. The van der Waals surface area contributed by atoms with Crippen LogP contribution in [0.1, 0.15) is 56.9 Å². The Morgan fingerprint density at radius 1 is 0.566 bits per heavy atom. The van der Waals surface area contributed by atoms with E-state index in [1.807, 2.05) is 59.7 Å². The number of rotatable bonds is 7. The second-order valence-corrected chi connectivity index (χ2v) is 17.8. The monoisotopic (exact) mass is 731 g/mol. The third-order valence-electron chi connectivity index (χ3n) is 10.6. The lowest BCUT2D eigenvalue weighted by atomic mass is 9.78. The molecule has 6 aromatic carbocycles. The summed E-state index contributed by atoms with van der Waals surface area (Å²) < 4.78 is 19.9. The first kappa shape index (κ1) is 34.8. The van der Waals surface area contributed by atoms with Crippen LogP contribution in [-0.2, 0) is 17.3 Å². The van der Waals surface area contributed by atoms with Crippen LogP contribution in [0.5, 0.6) is 0 Å². The molecule has 2 heterocycles. The number of fused-ring (bicyclic) bond motifs is 6. The van der Waals surface area contributed by atoms with Crippen molar-refractivity contribution in [2.45, 2.75) is 51.9 Å². The molecule has 0 aliphatic carbocycles. The van der Waals surface area contributed by atoms with Gasteiger partial charge in [-0.15, -0.1) is 22.7 Å². The van der Waals surface area contributed by atoms with E-state index in [-0.39, 0.29) is 16.6 Å². The summed E-state index contributed by atoms with van der Waals surface area (Å²) in [5.41, 5.74) is 7.87. The van der Waals surface area contributed by atoms with Crippen molar-refractivity contribution >= 4 is 85.8 Å². The van der Waals surface area contributed by atoms with E-state index >= 15 is 0 Å². The second kappa shape index (κ2) is 13.0. The fourth-order valence-corrected chi connectivity index (χ4v) is 11.0. The maximum absolute atomic E-state index is 15.0. The fourth-order valence-electron chi connectivity index (χ4n) is 7.93. The molecule has 8 aromatic rings. The molecule has 0 bridgehead atoms. The van der Waals surface area contributed by atoms with Crippen molar-refractivity contribution in [2.75, 3.05) is 23.9 Å². The van der Waals surface area contributed by atoms with E-state index in [0.29, 0.717) is 11.3 Å². The Morgan fingerprint density at radius 3 is 1.77 bits per heavy atom. The van der Waals surface area contributed by atoms with Gasteiger partial charge in [0.25, 0.3) is 0 Å². The molecule has 53 heavy (non-hydrogen) atoms. The van der Waals surface area contributed by atoms with Crippen molar-refractivity contribution in [1.29, 1.82) is 5.26 Å². The summed E-state index contributed by atoms with van der Waals surface area (Å²) in [5, 5.41) is 15.0. The van der Waals surface area contributed by atoms with E-state index in [2.05, 4.69) is 119 Å². The topological polar surface area (TPSA) is 30.3 Å². The van der Waals surface area contributed by atoms with Gasteiger partial charge in [-0.05, 0) is 76.4 Å². The normalized spacial score (nSPS) is 12.2. The van der Waals surface area contributed by atoms with Crippen molar-refractivity contribution in [3.63, 3.8) is 0 Å². The third kappa shape index (κ3) is 5.93. The predicted octanol–water partition coefficient (Wildman–Crippen LogP) is 13.8. The van der Waals surface area contributed by atoms with Crippen LogP contribution in [0.15, 0.2) is 115 Å². The first-order valence-electron chi connectivity index (χ1n) is 18.0. The highest BCUT2D eigenvalue weighted by Crippen LogP contribution is 2.48. The van der Waals surface area contributed by atoms with Crippen molar-refractivity contribution in [3.05, 3.63) is 143 Å². The van der Waals surface area contributed by atoms with E-state index in [0.717, 1.165) is 28.2 Å². The first-order chi connectivity index (χ1) is 25.4. The molecule has 6 heteroatoms. The van der Waals surface area contributed by atoms with E-state index in [9.17, 15) is 9.65 Å². The second-order valence-electron chi connectivity index (χ2n) is 15.7. The molecular formula is C47H42FN3S2. The first-order valence-corrected chi connectivity index (χ1v) is 19.6. The standard InChI is InChI=1S/C47H42FN3S2/c1-46(2,3)35-19-12-17-33-34-25-29(26-41(45(34)52-42(33)35)50(6)38-22-10-8-15-30(38)28-49)27-47(4,5)36-20-13-16-31-32-18-14-24-40(44(32)53-43(31)36)51(7)39-23-11-9-21-37(39)48/h8-26H,27H2,1-7H3. The maximum Gasteiger partial charge on any atom is 0.146 e. The summed E-state index contributed by atoms with van der Waals surface area (Å²) in [4.78, 5) is 4.16. The van der Waals surface area contributed by atoms with Crippen LogP contribution in [0, 0.1) is 17.1 Å². The van der Waals surface area contributed by atoms with Crippen molar-refractivity contribution in [2.24, 2.45) is 0 Å². The lowest BCUT2D eigenvalue weighted by Gasteiger charge is -2.28. The Labute approximate surface area is 319 Å². The fraction of sp³-hybridized carbons (Fsp3) is 0.213. The minimum atomic E-state index is -0.235. The molecule has 0 unspecified atom stereocenters. The Kier molecular flexibility index (Phi) is 8.56. The SMILES string of the molecule is CN(c1ccccc1C#N)c1cc(CC(C)(C)c2cccc3c2sc2c(N(C)c4ccccc4F)cccc23)cc2c1sc1c(C(C)(C)C)cccc12. The molecular weight excluding hydrogens is 690 g/mol. The summed E-state index contributed by atoms with van der Waals surface area (Å²) in [5.74, 6) is -0.235. The van der Waals surface area contributed by atoms with Crippen LogP contribution in [-0.4, -0.2) is 14.1 Å². The summed E-state index contributed by atoms with van der Waals surface area (Å²) in [6, 6.07) is 41.7. The quantitative estimate of drug-likeness (QED) is 0.163. The molecule has 3 nitrogen and oxygen atoms in total. The van der Waals surface area contributed by atoms with Gasteiger partial charge in [-0.1, -0.05) is 107 Å². The van der Waals surface area contributed by atoms with Gasteiger partial charge in [-0.25, -0.2) is 4.39 Å². The summed E-state index contributed by atoms with van der Waals surface area (Å²) in [6.07, 6.45) is 0.815. The van der Waals surface area contributed by atoms with Gasteiger partial charge in [0.1, 0.15) is 11.9 Å². The summed E-state index contributed by atoms with van der Waals surface area (Å²) in [7, 11) is 4.03. The summed E-state index contributed by atoms with van der Waals surface area (Å²) >= 11 is 3.66. The number of halogens is 1. The highest BCUT2D eigenvalue weighted by atomic mass is 32.1. The number of anilines is 4. The number of para-hydroxylation sites is 2. The molecule has 0 aliphatic heterocycles. The molecule has 0 fully saturated rings. The molecule has 0 aliphatic rings. The van der Waals surface area contributed by atoms with Gasteiger partial charge in [0.05, 0.1) is 37.7 Å². The van der Waals surface area contributed by atoms with E-state index < -0.39 is 0 Å². The number of nitrogens with zero attached hydrogens (tertiary/aromatic N) is 3. The van der Waals surface area contributed by atoms with Crippen LogP contribution in [0.3, 0.4) is 0 Å². The van der Waals surface area contributed by atoms with Gasteiger partial charge in [0.2, 0.25) is 0 Å². The minimum absolute atomic E-state index is 0.00244. The minimum Gasteiger partial charge on any atom is -0.342 e. The van der Waals surface area contributed by atoms with Crippen molar-refractivity contribution < 1.29 is 4.39 Å². The lowest BCUT2D eigenvalue weighted by molar-refractivity contribution is 0.528. The van der Waals surface area contributed by atoms with Crippen molar-refractivity contribution in [3.8, 4) is 6.07 Å². The van der Waals surface area contributed by atoms with Crippen LogP contribution in [0.25, 0.3) is 40.3 Å². The zero-order valence-corrected chi connectivity index (χ0v) is 32.8. The number of hydrogen-bond acceptors (Lipinski definition) is 5. The van der Waals surface area contributed by atoms with E-state index in [4.69, 9.17) is 0 Å².